The minimum atomic E-state index is -3.55. The lowest BCUT2D eigenvalue weighted by Gasteiger charge is -2.25. The van der Waals surface area contributed by atoms with E-state index in [1.807, 2.05) is 39.8 Å². The van der Waals surface area contributed by atoms with Gasteiger partial charge in [0.25, 0.3) is 0 Å². The molecule has 6 nitrogen and oxygen atoms in total. The Bertz CT molecular complexity index is 544. The maximum atomic E-state index is 12.5. The summed E-state index contributed by atoms with van der Waals surface area (Å²) in [7, 11) is 0.312. The monoisotopic (exact) mass is 314 g/mol. The van der Waals surface area contributed by atoms with Crippen LogP contribution in [-0.2, 0) is 10.0 Å². The molecule has 1 unspecified atom stereocenters. The van der Waals surface area contributed by atoms with Crippen LogP contribution < -0.4 is 10.0 Å². The van der Waals surface area contributed by atoms with Crippen molar-refractivity contribution in [2.75, 3.05) is 32.5 Å². The lowest BCUT2D eigenvalue weighted by Crippen LogP contribution is -2.44. The van der Waals surface area contributed by atoms with Gasteiger partial charge in [0, 0.05) is 31.4 Å². The second kappa shape index (κ2) is 7.72. The van der Waals surface area contributed by atoms with Crippen LogP contribution in [0.25, 0.3) is 0 Å². The van der Waals surface area contributed by atoms with Gasteiger partial charge in [0.05, 0.1) is 4.90 Å². The average Bonchev–Trinajstić information content (AvgIpc) is 2.38. The predicted octanol–water partition coefficient (Wildman–Crippen LogP) is 1.38. The van der Waals surface area contributed by atoms with Crippen molar-refractivity contribution in [1.82, 2.24) is 14.6 Å². The quantitative estimate of drug-likeness (QED) is 0.758. The molecule has 0 bridgehead atoms. The van der Waals surface area contributed by atoms with Crippen LogP contribution in [0, 0.1) is 5.92 Å². The van der Waals surface area contributed by atoms with E-state index in [-0.39, 0.29) is 16.9 Å². The zero-order valence-corrected chi connectivity index (χ0v) is 14.2. The molecule has 1 aromatic rings. The molecule has 0 fully saturated rings. The number of pyridine rings is 1. The van der Waals surface area contributed by atoms with Gasteiger partial charge in [-0.1, -0.05) is 13.8 Å². The van der Waals surface area contributed by atoms with Gasteiger partial charge in [-0.25, -0.2) is 18.1 Å². The van der Waals surface area contributed by atoms with Gasteiger partial charge in [0.2, 0.25) is 10.0 Å². The first kappa shape index (κ1) is 17.9. The average molecular weight is 314 g/mol. The predicted molar refractivity (Wildman–Crippen MR) is 85.9 cm³/mol. The number of hydrogen-bond acceptors (Lipinski definition) is 5. The van der Waals surface area contributed by atoms with E-state index in [9.17, 15) is 8.42 Å². The number of rotatable bonds is 8. The second-order valence-corrected chi connectivity index (χ2v) is 7.36. The third-order valence-electron chi connectivity index (χ3n) is 3.07. The van der Waals surface area contributed by atoms with Gasteiger partial charge in [-0.15, -0.1) is 0 Å². The van der Waals surface area contributed by atoms with Gasteiger partial charge < -0.3 is 10.2 Å². The summed E-state index contributed by atoms with van der Waals surface area (Å²) in [6.45, 7) is 7.30. The van der Waals surface area contributed by atoms with Gasteiger partial charge in [-0.2, -0.15) is 0 Å². The van der Waals surface area contributed by atoms with Crippen LogP contribution in [-0.4, -0.2) is 51.5 Å². The van der Waals surface area contributed by atoms with E-state index >= 15 is 0 Å². The SMILES string of the molecule is CCNc1cc(S(=O)(=O)NC(CN(C)C)C(C)C)ccn1. The van der Waals surface area contributed by atoms with Crippen LogP contribution >= 0.6 is 0 Å². The summed E-state index contributed by atoms with van der Waals surface area (Å²) in [5.74, 6) is 0.770. The summed E-state index contributed by atoms with van der Waals surface area (Å²) in [6.07, 6.45) is 1.50. The Balaban J connectivity index is 2.96. The minimum Gasteiger partial charge on any atom is -0.370 e. The van der Waals surface area contributed by atoms with Crippen LogP contribution in [0.3, 0.4) is 0 Å². The van der Waals surface area contributed by atoms with E-state index < -0.39 is 10.0 Å². The first-order valence-electron chi connectivity index (χ1n) is 7.13. The molecule has 7 heteroatoms. The van der Waals surface area contributed by atoms with Crippen LogP contribution in [0.15, 0.2) is 23.2 Å². The molecule has 1 atom stereocenters. The lowest BCUT2D eigenvalue weighted by molar-refractivity contribution is 0.314. The van der Waals surface area contributed by atoms with Crippen LogP contribution in [0.5, 0.6) is 0 Å². The topological polar surface area (TPSA) is 74.3 Å². The summed E-state index contributed by atoms with van der Waals surface area (Å²) in [5, 5.41) is 3.02. The highest BCUT2D eigenvalue weighted by molar-refractivity contribution is 7.89. The van der Waals surface area contributed by atoms with E-state index in [4.69, 9.17) is 0 Å². The molecular weight excluding hydrogens is 288 g/mol. The zero-order valence-electron chi connectivity index (χ0n) is 13.4. The maximum absolute atomic E-state index is 12.5. The zero-order chi connectivity index (χ0) is 16.0. The van der Waals surface area contributed by atoms with Gasteiger partial charge in [-0.3, -0.25) is 0 Å². The highest BCUT2D eigenvalue weighted by atomic mass is 32.2. The van der Waals surface area contributed by atoms with E-state index in [0.717, 1.165) is 0 Å². The standard InChI is InChI=1S/C14H26N4O2S/c1-6-15-14-9-12(7-8-16-14)21(19,20)17-13(11(2)3)10-18(4)5/h7-9,11,13,17H,6,10H2,1-5H3,(H,15,16). The van der Waals surface area contributed by atoms with Gasteiger partial charge >= 0.3 is 0 Å². The number of hydrogen-bond donors (Lipinski definition) is 2. The molecule has 0 amide bonds. The first-order chi connectivity index (χ1) is 9.76. The molecule has 1 aromatic heterocycles. The first-order valence-corrected chi connectivity index (χ1v) is 8.61. The molecule has 0 spiro atoms. The normalized spacial score (nSPS) is 13.7. The Morgan fingerprint density at radius 1 is 1.33 bits per heavy atom. The van der Waals surface area contributed by atoms with Gasteiger partial charge in [0.15, 0.2) is 0 Å². The summed E-state index contributed by atoms with van der Waals surface area (Å²) in [4.78, 5) is 6.30. The van der Waals surface area contributed by atoms with Crippen LogP contribution in [0.2, 0.25) is 0 Å². The lowest BCUT2D eigenvalue weighted by atomic mass is 10.1. The summed E-state index contributed by atoms with van der Waals surface area (Å²) in [6, 6.07) is 2.93. The molecule has 0 radical (unpaired) electrons. The molecule has 0 aromatic carbocycles. The fraction of sp³-hybridized carbons (Fsp3) is 0.643. The molecule has 0 saturated heterocycles. The van der Waals surface area contributed by atoms with Crippen LogP contribution in [0.4, 0.5) is 5.82 Å². The molecule has 21 heavy (non-hydrogen) atoms. The number of sulfonamides is 1. The van der Waals surface area contributed by atoms with E-state index in [1.54, 1.807) is 6.07 Å². The summed E-state index contributed by atoms with van der Waals surface area (Å²) in [5.41, 5.74) is 0. The van der Waals surface area contributed by atoms with Crippen molar-refractivity contribution in [2.24, 2.45) is 5.92 Å². The van der Waals surface area contributed by atoms with Crippen molar-refractivity contribution in [3.05, 3.63) is 18.3 Å². The fourth-order valence-corrected chi connectivity index (χ4v) is 3.29. The van der Waals surface area contributed by atoms with Gasteiger partial charge in [-0.05, 0) is 33.0 Å². The molecule has 120 valence electrons. The Morgan fingerprint density at radius 3 is 2.52 bits per heavy atom. The second-order valence-electron chi connectivity index (χ2n) is 5.64. The van der Waals surface area contributed by atoms with Crippen LogP contribution in [0.1, 0.15) is 20.8 Å². The summed E-state index contributed by atoms with van der Waals surface area (Å²) >= 11 is 0. The number of likely N-dealkylation sites (N-methyl/N-ethyl adjacent to an activating group) is 1. The minimum absolute atomic E-state index is 0.138. The van der Waals surface area contributed by atoms with Crippen molar-refractivity contribution in [2.45, 2.75) is 31.7 Å². The molecule has 1 rings (SSSR count). The molecule has 0 aliphatic carbocycles. The number of nitrogens with zero attached hydrogens (tertiary/aromatic N) is 2. The molecule has 1 heterocycles. The Morgan fingerprint density at radius 2 is 2.00 bits per heavy atom. The van der Waals surface area contributed by atoms with Crippen molar-refractivity contribution in [3.63, 3.8) is 0 Å². The van der Waals surface area contributed by atoms with Crippen molar-refractivity contribution >= 4 is 15.8 Å². The van der Waals surface area contributed by atoms with Crippen molar-refractivity contribution in [1.29, 1.82) is 0 Å². The molecule has 2 N–H and O–H groups in total. The third kappa shape index (κ3) is 5.61. The van der Waals surface area contributed by atoms with E-state index in [1.165, 1.54) is 12.3 Å². The van der Waals surface area contributed by atoms with Gasteiger partial charge in [0.1, 0.15) is 5.82 Å². The number of nitrogens with one attached hydrogen (secondary N) is 2. The maximum Gasteiger partial charge on any atom is 0.241 e. The highest BCUT2D eigenvalue weighted by Gasteiger charge is 2.23. The van der Waals surface area contributed by atoms with Crippen molar-refractivity contribution in [3.8, 4) is 0 Å². The van der Waals surface area contributed by atoms with E-state index in [0.29, 0.717) is 18.9 Å². The third-order valence-corrected chi connectivity index (χ3v) is 4.56. The molecular formula is C14H26N4O2S. The Kier molecular flexibility index (Phi) is 6.57. The Labute approximate surface area is 128 Å². The fourth-order valence-electron chi connectivity index (χ4n) is 1.90. The smallest absolute Gasteiger partial charge is 0.241 e. The molecule has 0 saturated carbocycles. The van der Waals surface area contributed by atoms with E-state index in [2.05, 4.69) is 15.0 Å². The Hall–Kier alpha value is -1.18. The highest BCUT2D eigenvalue weighted by Crippen LogP contribution is 2.15. The molecule has 0 aliphatic heterocycles. The largest absolute Gasteiger partial charge is 0.370 e. The number of aromatic nitrogens is 1. The molecule has 0 aliphatic rings. The number of anilines is 1. The summed E-state index contributed by atoms with van der Waals surface area (Å²) < 4.78 is 27.8. The van der Waals surface area contributed by atoms with Crippen molar-refractivity contribution < 1.29 is 8.42 Å².